The van der Waals surface area contributed by atoms with Crippen LogP contribution in [0.1, 0.15) is 6.92 Å². The van der Waals surface area contributed by atoms with Crippen molar-refractivity contribution < 1.29 is 0 Å². The summed E-state index contributed by atoms with van der Waals surface area (Å²) in [7, 11) is 0. The quantitative estimate of drug-likeness (QED) is 0.544. The van der Waals surface area contributed by atoms with Gasteiger partial charge >= 0.3 is 0 Å². The van der Waals surface area contributed by atoms with Crippen LogP contribution < -0.4 is 5.56 Å². The standard InChI is InChI=1S/C15H14N2OS2/c1-3-17-14(18)12-11(10-7-5-4-6-8-10)9-20-13(12)16-15(17)19-2/h4-9H,3H2,1-2H3. The number of rotatable bonds is 3. The lowest BCUT2D eigenvalue weighted by Crippen LogP contribution is -2.22. The van der Waals surface area contributed by atoms with E-state index in [9.17, 15) is 4.79 Å². The number of hydrogen-bond acceptors (Lipinski definition) is 4. The highest BCUT2D eigenvalue weighted by Gasteiger charge is 2.15. The summed E-state index contributed by atoms with van der Waals surface area (Å²) in [5.41, 5.74) is 2.11. The number of aromatic nitrogens is 2. The average Bonchev–Trinajstić information content (AvgIpc) is 2.92. The van der Waals surface area contributed by atoms with Gasteiger partial charge in [-0.25, -0.2) is 4.98 Å². The number of nitrogens with zero attached hydrogens (tertiary/aromatic N) is 2. The second-order valence-corrected chi connectivity index (χ2v) is 5.97. The van der Waals surface area contributed by atoms with Crippen molar-refractivity contribution in [1.82, 2.24) is 9.55 Å². The first-order valence-electron chi connectivity index (χ1n) is 6.37. The van der Waals surface area contributed by atoms with Crippen molar-refractivity contribution in [1.29, 1.82) is 0 Å². The topological polar surface area (TPSA) is 34.9 Å². The van der Waals surface area contributed by atoms with Gasteiger partial charge in [0.05, 0.1) is 5.39 Å². The molecule has 3 rings (SSSR count). The molecule has 3 nitrogen and oxygen atoms in total. The van der Waals surface area contributed by atoms with E-state index < -0.39 is 0 Å². The predicted octanol–water partition coefficient (Wildman–Crippen LogP) is 3.87. The minimum absolute atomic E-state index is 0.0574. The summed E-state index contributed by atoms with van der Waals surface area (Å²) < 4.78 is 1.74. The van der Waals surface area contributed by atoms with E-state index in [1.807, 2.05) is 48.9 Å². The fourth-order valence-corrected chi connectivity index (χ4v) is 3.88. The van der Waals surface area contributed by atoms with Gasteiger partial charge < -0.3 is 0 Å². The summed E-state index contributed by atoms with van der Waals surface area (Å²) in [4.78, 5) is 18.1. The van der Waals surface area contributed by atoms with Crippen molar-refractivity contribution in [2.75, 3.05) is 6.26 Å². The lowest BCUT2D eigenvalue weighted by atomic mass is 10.1. The fourth-order valence-electron chi connectivity index (χ4n) is 2.27. The monoisotopic (exact) mass is 302 g/mol. The normalized spacial score (nSPS) is 11.1. The van der Waals surface area contributed by atoms with E-state index in [0.717, 1.165) is 26.5 Å². The third-order valence-electron chi connectivity index (χ3n) is 3.24. The van der Waals surface area contributed by atoms with E-state index in [4.69, 9.17) is 0 Å². The number of hydrogen-bond donors (Lipinski definition) is 0. The van der Waals surface area contributed by atoms with Gasteiger partial charge in [0.2, 0.25) is 0 Å². The molecule has 2 aromatic heterocycles. The highest BCUT2D eigenvalue weighted by atomic mass is 32.2. The number of benzene rings is 1. The Labute approximate surface area is 125 Å². The molecule has 0 fully saturated rings. The molecule has 0 saturated carbocycles. The molecule has 0 atom stereocenters. The minimum atomic E-state index is 0.0574. The Morgan fingerprint density at radius 3 is 2.70 bits per heavy atom. The van der Waals surface area contributed by atoms with Crippen LogP contribution in [0.25, 0.3) is 21.3 Å². The van der Waals surface area contributed by atoms with Crippen molar-refractivity contribution >= 4 is 33.3 Å². The van der Waals surface area contributed by atoms with Crippen molar-refractivity contribution in [2.45, 2.75) is 18.6 Å². The molecule has 1 aromatic carbocycles. The van der Waals surface area contributed by atoms with E-state index in [1.165, 1.54) is 23.1 Å². The summed E-state index contributed by atoms with van der Waals surface area (Å²) >= 11 is 3.05. The first-order chi connectivity index (χ1) is 9.76. The molecule has 0 aliphatic carbocycles. The van der Waals surface area contributed by atoms with Crippen LogP contribution in [0.15, 0.2) is 45.7 Å². The zero-order valence-corrected chi connectivity index (χ0v) is 12.9. The van der Waals surface area contributed by atoms with Crippen LogP contribution in [0.2, 0.25) is 0 Å². The maximum absolute atomic E-state index is 12.7. The van der Waals surface area contributed by atoms with Gasteiger partial charge in [-0.2, -0.15) is 0 Å². The first kappa shape index (κ1) is 13.4. The first-order valence-corrected chi connectivity index (χ1v) is 8.48. The fraction of sp³-hybridized carbons (Fsp3) is 0.200. The highest BCUT2D eigenvalue weighted by molar-refractivity contribution is 7.98. The molecule has 0 bridgehead atoms. The van der Waals surface area contributed by atoms with Crippen molar-refractivity contribution in [2.24, 2.45) is 0 Å². The Kier molecular flexibility index (Phi) is 3.63. The van der Waals surface area contributed by atoms with Crippen LogP contribution in [0, 0.1) is 0 Å². The van der Waals surface area contributed by atoms with Crippen LogP contribution in [0.5, 0.6) is 0 Å². The molecule has 5 heteroatoms. The van der Waals surface area contributed by atoms with Gasteiger partial charge in [0.1, 0.15) is 4.83 Å². The Balaban J connectivity index is 2.35. The summed E-state index contributed by atoms with van der Waals surface area (Å²) in [5, 5.41) is 3.55. The molecule has 0 spiro atoms. The third kappa shape index (κ3) is 2.07. The molecule has 102 valence electrons. The van der Waals surface area contributed by atoms with Crippen LogP contribution in [-0.4, -0.2) is 15.8 Å². The predicted molar refractivity (Wildman–Crippen MR) is 86.8 cm³/mol. The molecule has 0 saturated heterocycles. The molecule has 0 radical (unpaired) electrons. The van der Waals surface area contributed by atoms with E-state index in [1.54, 1.807) is 4.57 Å². The van der Waals surface area contributed by atoms with Gasteiger partial charge in [-0.05, 0) is 18.7 Å². The molecule has 0 amide bonds. The van der Waals surface area contributed by atoms with Gasteiger partial charge in [0.25, 0.3) is 5.56 Å². The lowest BCUT2D eigenvalue weighted by Gasteiger charge is -2.08. The molecule has 2 heterocycles. The maximum atomic E-state index is 12.7. The lowest BCUT2D eigenvalue weighted by molar-refractivity contribution is 0.636. The van der Waals surface area contributed by atoms with Gasteiger partial charge in [0, 0.05) is 17.5 Å². The minimum Gasteiger partial charge on any atom is -0.287 e. The van der Waals surface area contributed by atoms with Gasteiger partial charge in [0.15, 0.2) is 5.16 Å². The molecule has 20 heavy (non-hydrogen) atoms. The third-order valence-corrected chi connectivity index (χ3v) is 4.79. The molecule has 0 N–H and O–H groups in total. The van der Waals surface area contributed by atoms with Gasteiger partial charge in [-0.3, -0.25) is 9.36 Å². The summed E-state index contributed by atoms with van der Waals surface area (Å²) in [6.45, 7) is 2.62. The smallest absolute Gasteiger partial charge is 0.263 e. The van der Waals surface area contributed by atoms with Crippen LogP contribution in [0.4, 0.5) is 0 Å². The van der Waals surface area contributed by atoms with Gasteiger partial charge in [-0.15, -0.1) is 11.3 Å². The van der Waals surface area contributed by atoms with Gasteiger partial charge in [-0.1, -0.05) is 42.1 Å². The average molecular weight is 302 g/mol. The second-order valence-electron chi connectivity index (χ2n) is 4.34. The molecule has 0 aliphatic heterocycles. The summed E-state index contributed by atoms with van der Waals surface area (Å²) in [6, 6.07) is 10.0. The number of fused-ring (bicyclic) bond motifs is 1. The molecule has 3 aromatic rings. The maximum Gasteiger partial charge on any atom is 0.263 e. The summed E-state index contributed by atoms with van der Waals surface area (Å²) in [6.07, 6.45) is 1.95. The zero-order valence-electron chi connectivity index (χ0n) is 11.3. The second kappa shape index (κ2) is 5.42. The Bertz CT molecular complexity index is 806. The van der Waals surface area contributed by atoms with E-state index in [2.05, 4.69) is 4.98 Å². The van der Waals surface area contributed by atoms with Crippen molar-refractivity contribution in [3.63, 3.8) is 0 Å². The van der Waals surface area contributed by atoms with Crippen LogP contribution in [-0.2, 0) is 6.54 Å². The van der Waals surface area contributed by atoms with E-state index in [0.29, 0.717) is 6.54 Å². The Morgan fingerprint density at radius 1 is 1.30 bits per heavy atom. The number of thioether (sulfide) groups is 1. The van der Waals surface area contributed by atoms with Crippen molar-refractivity contribution in [3.05, 3.63) is 46.1 Å². The van der Waals surface area contributed by atoms with Crippen LogP contribution in [0.3, 0.4) is 0 Å². The van der Waals surface area contributed by atoms with E-state index >= 15 is 0 Å². The number of thiophene rings is 1. The Morgan fingerprint density at radius 2 is 2.05 bits per heavy atom. The zero-order chi connectivity index (χ0) is 14.1. The molecular formula is C15H14N2OS2. The summed E-state index contributed by atoms with van der Waals surface area (Å²) in [5.74, 6) is 0. The molecule has 0 unspecified atom stereocenters. The van der Waals surface area contributed by atoms with Crippen LogP contribution >= 0.6 is 23.1 Å². The molecule has 0 aliphatic rings. The van der Waals surface area contributed by atoms with Crippen molar-refractivity contribution in [3.8, 4) is 11.1 Å². The molecular weight excluding hydrogens is 288 g/mol. The SMILES string of the molecule is CCn1c(SC)nc2scc(-c3ccccc3)c2c1=O. The largest absolute Gasteiger partial charge is 0.287 e. The highest BCUT2D eigenvalue weighted by Crippen LogP contribution is 2.31. The Hall–Kier alpha value is -1.59. The van der Waals surface area contributed by atoms with E-state index in [-0.39, 0.29) is 5.56 Å².